The molecule has 3 heteroatoms. The third-order valence-electron chi connectivity index (χ3n) is 3.47. The molecule has 3 N–H and O–H groups in total. The molecule has 2 aliphatic heterocycles. The summed E-state index contributed by atoms with van der Waals surface area (Å²) in [6.07, 6.45) is 6.66. The van der Waals surface area contributed by atoms with Gasteiger partial charge in [-0.05, 0) is 12.8 Å². The van der Waals surface area contributed by atoms with E-state index in [1.54, 1.807) is 0 Å². The molecule has 0 aromatic rings. The summed E-state index contributed by atoms with van der Waals surface area (Å²) in [4.78, 5) is 0. The average Bonchev–Trinajstić information content (AvgIpc) is 2.00. The molecular formula is C11H22N2O. The molecule has 2 saturated heterocycles. The van der Waals surface area contributed by atoms with E-state index < -0.39 is 0 Å². The van der Waals surface area contributed by atoms with Gasteiger partial charge >= 0.3 is 0 Å². The molecule has 3 fully saturated rings. The highest BCUT2D eigenvalue weighted by Gasteiger charge is 2.43. The Morgan fingerprint density at radius 1 is 1.07 bits per heavy atom. The number of nitrogens with two attached hydrogens (primary N) is 1. The van der Waals surface area contributed by atoms with Gasteiger partial charge in [0, 0.05) is 24.5 Å². The van der Waals surface area contributed by atoms with Crippen molar-refractivity contribution in [1.29, 1.82) is 0 Å². The molecule has 1 saturated carbocycles. The minimum absolute atomic E-state index is 0.536. The first-order chi connectivity index (χ1) is 6.81. The highest BCUT2D eigenvalue weighted by atomic mass is 16.5. The first-order valence-corrected chi connectivity index (χ1v) is 5.85. The molecule has 0 bridgehead atoms. The highest BCUT2D eigenvalue weighted by molar-refractivity contribution is 4.96. The molecule has 0 atom stereocenters. The van der Waals surface area contributed by atoms with Crippen molar-refractivity contribution in [2.24, 2.45) is 11.1 Å². The molecule has 0 aromatic carbocycles. The summed E-state index contributed by atoms with van der Waals surface area (Å²) in [5.74, 6) is 0. The molecule has 1 aliphatic carbocycles. The number of rotatable bonds is 0. The predicted molar refractivity (Wildman–Crippen MR) is 57.2 cm³/mol. The van der Waals surface area contributed by atoms with Gasteiger partial charge in [-0.15, -0.1) is 0 Å². The highest BCUT2D eigenvalue weighted by Crippen LogP contribution is 2.30. The molecule has 3 nitrogen and oxygen atoms in total. The van der Waals surface area contributed by atoms with Crippen LogP contribution in [0.4, 0.5) is 0 Å². The van der Waals surface area contributed by atoms with Crippen LogP contribution in [0.2, 0.25) is 0 Å². The van der Waals surface area contributed by atoms with Crippen molar-refractivity contribution < 1.29 is 4.74 Å². The van der Waals surface area contributed by atoms with Crippen molar-refractivity contribution in [3.8, 4) is 0 Å². The first kappa shape index (κ1) is 10.4. The monoisotopic (exact) mass is 198 g/mol. The third-order valence-corrected chi connectivity index (χ3v) is 3.47. The number of hydrogen-bond acceptors (Lipinski definition) is 3. The zero-order valence-electron chi connectivity index (χ0n) is 8.93. The van der Waals surface area contributed by atoms with Crippen LogP contribution in [0.3, 0.4) is 0 Å². The zero-order valence-corrected chi connectivity index (χ0v) is 8.93. The van der Waals surface area contributed by atoms with E-state index in [1.165, 1.54) is 45.2 Å². The zero-order chi connectivity index (χ0) is 9.86. The van der Waals surface area contributed by atoms with Gasteiger partial charge in [0.25, 0.3) is 0 Å². The molecule has 14 heavy (non-hydrogen) atoms. The van der Waals surface area contributed by atoms with Crippen molar-refractivity contribution in [3.63, 3.8) is 0 Å². The lowest BCUT2D eigenvalue weighted by molar-refractivity contribution is -0.139. The van der Waals surface area contributed by atoms with Crippen LogP contribution < -0.4 is 11.1 Å². The second-order valence-corrected chi connectivity index (χ2v) is 4.99. The summed E-state index contributed by atoms with van der Waals surface area (Å²) in [6.45, 7) is 4.38. The number of hydrogen-bond donors (Lipinski definition) is 2. The lowest BCUT2D eigenvalue weighted by atomic mass is 9.80. The largest absolute Gasteiger partial charge is 0.380 e. The van der Waals surface area contributed by atoms with Crippen LogP contribution in [0.1, 0.15) is 32.1 Å². The second kappa shape index (κ2) is 4.60. The van der Waals surface area contributed by atoms with Crippen LogP contribution in [0.25, 0.3) is 0 Å². The van der Waals surface area contributed by atoms with Gasteiger partial charge in [0.1, 0.15) is 0 Å². The Hall–Kier alpha value is -0.120. The van der Waals surface area contributed by atoms with Crippen LogP contribution in [-0.2, 0) is 4.74 Å². The Bertz CT molecular complexity index is 155. The van der Waals surface area contributed by atoms with Crippen molar-refractivity contribution in [3.05, 3.63) is 0 Å². The van der Waals surface area contributed by atoms with E-state index in [0.29, 0.717) is 11.5 Å². The van der Waals surface area contributed by atoms with Crippen LogP contribution in [-0.4, -0.2) is 32.3 Å². The number of ether oxygens (including phenoxy) is 1. The Kier molecular flexibility index (Phi) is 3.42. The van der Waals surface area contributed by atoms with E-state index in [0.717, 1.165) is 13.2 Å². The van der Waals surface area contributed by atoms with Gasteiger partial charge in [0.15, 0.2) is 0 Å². The first-order valence-electron chi connectivity index (χ1n) is 5.85. The molecule has 82 valence electrons. The quantitative estimate of drug-likeness (QED) is 0.607. The summed E-state index contributed by atoms with van der Waals surface area (Å²) in [7, 11) is 0. The van der Waals surface area contributed by atoms with Crippen molar-refractivity contribution in [1.82, 2.24) is 5.32 Å². The summed E-state index contributed by atoms with van der Waals surface area (Å²) in [5, 5.41) is 3.22. The standard InChI is InChI=1S/C6H13N.C5H9NO/c7-6-4-2-1-3-5-6;1-5(2-6-1)3-7-4-5/h6H,1-5,7H2;6H,1-4H2. The molecule has 0 aromatic heterocycles. The molecule has 0 amide bonds. The maximum absolute atomic E-state index is 5.63. The third kappa shape index (κ3) is 2.47. The molecule has 3 aliphatic rings. The maximum Gasteiger partial charge on any atom is 0.0569 e. The smallest absolute Gasteiger partial charge is 0.0569 e. The fourth-order valence-corrected chi connectivity index (χ4v) is 2.21. The Labute approximate surface area is 86.4 Å². The molecule has 3 rings (SSSR count). The minimum atomic E-state index is 0.536. The van der Waals surface area contributed by atoms with Crippen molar-refractivity contribution in [2.75, 3.05) is 26.3 Å². The van der Waals surface area contributed by atoms with E-state index >= 15 is 0 Å². The minimum Gasteiger partial charge on any atom is -0.380 e. The van der Waals surface area contributed by atoms with Gasteiger partial charge in [-0.25, -0.2) is 0 Å². The van der Waals surface area contributed by atoms with E-state index in [9.17, 15) is 0 Å². The van der Waals surface area contributed by atoms with Crippen LogP contribution in [0.15, 0.2) is 0 Å². The fourth-order valence-electron chi connectivity index (χ4n) is 2.21. The predicted octanol–water partition coefficient (Wildman–Crippen LogP) is 0.884. The molecular weight excluding hydrogens is 176 g/mol. The van der Waals surface area contributed by atoms with Gasteiger partial charge in [0.05, 0.1) is 13.2 Å². The Morgan fingerprint density at radius 2 is 1.71 bits per heavy atom. The van der Waals surface area contributed by atoms with Gasteiger partial charge in [-0.1, -0.05) is 19.3 Å². The lowest BCUT2D eigenvalue weighted by Gasteiger charge is -2.48. The van der Waals surface area contributed by atoms with Crippen molar-refractivity contribution in [2.45, 2.75) is 38.1 Å². The Balaban J connectivity index is 0.000000107. The molecule has 0 radical (unpaired) electrons. The van der Waals surface area contributed by atoms with Crippen LogP contribution in [0.5, 0.6) is 0 Å². The topological polar surface area (TPSA) is 47.3 Å². The van der Waals surface area contributed by atoms with E-state index in [4.69, 9.17) is 10.5 Å². The van der Waals surface area contributed by atoms with E-state index in [1.807, 2.05) is 0 Å². The maximum atomic E-state index is 5.63. The van der Waals surface area contributed by atoms with Crippen LogP contribution in [0, 0.1) is 5.41 Å². The Morgan fingerprint density at radius 3 is 1.86 bits per heavy atom. The summed E-state index contributed by atoms with van der Waals surface area (Å²) < 4.78 is 5.04. The van der Waals surface area contributed by atoms with E-state index in [2.05, 4.69) is 5.32 Å². The lowest BCUT2D eigenvalue weighted by Crippen LogP contribution is -2.64. The molecule has 2 heterocycles. The molecule has 1 spiro atoms. The van der Waals surface area contributed by atoms with Gasteiger partial charge in [-0.2, -0.15) is 0 Å². The second-order valence-electron chi connectivity index (χ2n) is 4.99. The van der Waals surface area contributed by atoms with Gasteiger partial charge in [0.2, 0.25) is 0 Å². The normalized spacial score (nSPS) is 29.8. The summed E-state index contributed by atoms with van der Waals surface area (Å²) in [6, 6.07) is 0.536. The van der Waals surface area contributed by atoms with Gasteiger partial charge in [-0.3, -0.25) is 0 Å². The van der Waals surface area contributed by atoms with Crippen LogP contribution >= 0.6 is 0 Å². The van der Waals surface area contributed by atoms with Gasteiger partial charge < -0.3 is 15.8 Å². The summed E-state index contributed by atoms with van der Waals surface area (Å²) in [5.41, 5.74) is 6.25. The average molecular weight is 198 g/mol. The fraction of sp³-hybridized carbons (Fsp3) is 1.00. The van der Waals surface area contributed by atoms with Crippen molar-refractivity contribution >= 4 is 0 Å². The van der Waals surface area contributed by atoms with E-state index in [-0.39, 0.29) is 0 Å². The SMILES string of the molecule is C1NCC12COC2.NC1CCCCC1. The number of nitrogens with one attached hydrogen (secondary N) is 1. The molecule has 0 unspecified atom stereocenters. The summed E-state index contributed by atoms with van der Waals surface area (Å²) >= 11 is 0.